The molecule has 0 atom stereocenters. The summed E-state index contributed by atoms with van der Waals surface area (Å²) in [7, 11) is 0. The number of pyridine rings is 2. The van der Waals surface area contributed by atoms with Crippen molar-refractivity contribution < 1.29 is 19.1 Å². The van der Waals surface area contributed by atoms with Crippen LogP contribution in [-0.4, -0.2) is 46.5 Å². The number of aromatic nitrogens is 5. The van der Waals surface area contributed by atoms with Gasteiger partial charge in [0.1, 0.15) is 17.2 Å². The van der Waals surface area contributed by atoms with E-state index in [4.69, 9.17) is 0 Å². The summed E-state index contributed by atoms with van der Waals surface area (Å²) < 4.78 is 18.1. The summed E-state index contributed by atoms with van der Waals surface area (Å²) in [6.45, 7) is 0. The fourth-order valence-electron chi connectivity index (χ4n) is 5.30. The molecule has 0 radical (unpaired) electrons. The van der Waals surface area contributed by atoms with E-state index in [1.165, 1.54) is 24.3 Å². The van der Waals surface area contributed by atoms with Crippen LogP contribution in [0.15, 0.2) is 76.7 Å². The lowest BCUT2D eigenvalue weighted by atomic mass is 9.90. The van der Waals surface area contributed by atoms with E-state index in [1.807, 2.05) is 12.1 Å². The molecule has 6 rings (SSSR count). The zero-order chi connectivity index (χ0) is 28.0. The molecule has 1 aliphatic carbocycles. The van der Waals surface area contributed by atoms with Gasteiger partial charge in [-0.15, -0.1) is 0 Å². The van der Waals surface area contributed by atoms with Gasteiger partial charge in [0.05, 0.1) is 22.8 Å². The molecule has 0 bridgehead atoms. The van der Waals surface area contributed by atoms with Crippen molar-refractivity contribution >= 4 is 28.6 Å². The lowest BCUT2D eigenvalue weighted by Crippen LogP contribution is -2.45. The van der Waals surface area contributed by atoms with Crippen LogP contribution in [0.25, 0.3) is 22.4 Å². The van der Waals surface area contributed by atoms with Gasteiger partial charge in [-0.1, -0.05) is 12.1 Å². The van der Waals surface area contributed by atoms with Gasteiger partial charge in [0.15, 0.2) is 5.65 Å². The van der Waals surface area contributed by atoms with Crippen LogP contribution in [0.5, 0.6) is 0 Å². The highest BCUT2D eigenvalue weighted by Gasteiger charge is 2.28. The van der Waals surface area contributed by atoms with Crippen molar-refractivity contribution in [3.63, 3.8) is 0 Å². The van der Waals surface area contributed by atoms with Gasteiger partial charge >= 0.3 is 11.7 Å². The Bertz CT molecular complexity index is 1890. The minimum Gasteiger partial charge on any atom is -0.478 e. The molecule has 0 aliphatic heterocycles. The van der Waals surface area contributed by atoms with E-state index in [1.54, 1.807) is 22.9 Å². The maximum atomic E-state index is 14.2. The second-order valence-corrected chi connectivity index (χ2v) is 9.74. The largest absolute Gasteiger partial charge is 0.478 e. The number of halogens is 1. The van der Waals surface area contributed by atoms with Gasteiger partial charge in [-0.3, -0.25) is 14.2 Å². The predicted molar refractivity (Wildman–Crippen MR) is 142 cm³/mol. The Morgan fingerprint density at radius 2 is 1.82 bits per heavy atom. The fourth-order valence-corrected chi connectivity index (χ4v) is 5.30. The number of imidazole rings is 1. The average Bonchev–Trinajstić information content (AvgIpc) is 3.39. The summed E-state index contributed by atoms with van der Waals surface area (Å²) in [6.07, 6.45) is 6.19. The van der Waals surface area contributed by atoms with E-state index in [0.29, 0.717) is 37.0 Å². The maximum Gasteiger partial charge on any atom is 0.337 e. The molecular formula is C28H23FN6O5. The minimum atomic E-state index is -1.18. The van der Waals surface area contributed by atoms with Crippen LogP contribution in [0.2, 0.25) is 0 Å². The number of hydrogen-bond acceptors (Lipinski definition) is 6. The number of nitrogens with zero attached hydrogens (tertiary/aromatic N) is 5. The number of fused-ring (bicyclic) bond motifs is 2. The first-order valence-corrected chi connectivity index (χ1v) is 12.7. The van der Waals surface area contributed by atoms with Crippen molar-refractivity contribution in [2.24, 2.45) is 0 Å². The van der Waals surface area contributed by atoms with Crippen LogP contribution in [0.1, 0.15) is 52.6 Å². The number of carboxylic acid groups (broad SMARTS) is 1. The molecule has 4 aromatic heterocycles. The standard InChI is InChI=1S/C28H23FN6O5/c29-17-13-21-24(30-14-17)34(20-5-3-4-16(12-20)27(38)39)28(40)35(26(21)37)19-9-7-18(8-10-19)31-25(36)22-15-33-11-2-1-6-23(33)32-22/h1-6,11-15,18-19H,7-10H2,(H,31,36)(H,38,39)/t18-,19+. The average molecular weight is 543 g/mol. The third kappa shape index (κ3) is 4.42. The van der Waals surface area contributed by atoms with Crippen LogP contribution >= 0.6 is 0 Å². The molecule has 1 aliphatic rings. The Hall–Kier alpha value is -5.13. The molecule has 11 nitrogen and oxygen atoms in total. The molecule has 0 unspecified atom stereocenters. The lowest BCUT2D eigenvalue weighted by molar-refractivity contribution is 0.0696. The number of carbonyl (C=O) groups is 2. The molecule has 0 saturated heterocycles. The van der Waals surface area contributed by atoms with Crippen LogP contribution < -0.4 is 16.6 Å². The Labute approximate surface area is 225 Å². The van der Waals surface area contributed by atoms with E-state index < -0.39 is 29.1 Å². The van der Waals surface area contributed by atoms with Crippen LogP contribution in [-0.2, 0) is 0 Å². The van der Waals surface area contributed by atoms with Gasteiger partial charge in [0.25, 0.3) is 11.5 Å². The highest BCUT2D eigenvalue weighted by molar-refractivity contribution is 5.93. The molecule has 1 amide bonds. The summed E-state index contributed by atoms with van der Waals surface area (Å²) >= 11 is 0. The van der Waals surface area contributed by atoms with Crippen LogP contribution in [0.3, 0.4) is 0 Å². The highest BCUT2D eigenvalue weighted by atomic mass is 19.1. The molecule has 1 saturated carbocycles. The summed E-state index contributed by atoms with van der Waals surface area (Å²) in [5.74, 6) is -2.23. The Morgan fingerprint density at radius 1 is 1.02 bits per heavy atom. The normalized spacial score (nSPS) is 17.2. The van der Waals surface area contributed by atoms with Crippen molar-refractivity contribution in [1.29, 1.82) is 0 Å². The van der Waals surface area contributed by atoms with Crippen molar-refractivity contribution in [3.05, 3.63) is 105 Å². The molecule has 12 heteroatoms. The SMILES string of the molecule is O=C(O)c1cccc(-n2c(=O)n([C@H]3CC[C@@H](NC(=O)c4cn5ccccc5n4)CC3)c(=O)c3cc(F)cnc32)c1. The first-order chi connectivity index (χ1) is 19.3. The summed E-state index contributed by atoms with van der Waals surface area (Å²) in [5, 5.41) is 12.3. The number of carboxylic acids is 1. The molecular weight excluding hydrogens is 519 g/mol. The molecule has 40 heavy (non-hydrogen) atoms. The summed E-state index contributed by atoms with van der Waals surface area (Å²) in [5.41, 5.74) is -0.353. The Kier molecular flexibility index (Phi) is 6.21. The summed E-state index contributed by atoms with van der Waals surface area (Å²) in [6, 6.07) is 11.5. The number of rotatable bonds is 5. The third-order valence-corrected chi connectivity index (χ3v) is 7.24. The first kappa shape index (κ1) is 25.2. The van der Waals surface area contributed by atoms with Crippen LogP contribution in [0, 0.1) is 5.82 Å². The monoisotopic (exact) mass is 542 g/mol. The third-order valence-electron chi connectivity index (χ3n) is 7.24. The van der Waals surface area contributed by atoms with E-state index in [2.05, 4.69) is 15.3 Å². The first-order valence-electron chi connectivity index (χ1n) is 12.7. The van der Waals surface area contributed by atoms with E-state index >= 15 is 0 Å². The zero-order valence-corrected chi connectivity index (χ0v) is 21.0. The van der Waals surface area contributed by atoms with Crippen LogP contribution in [0.4, 0.5) is 4.39 Å². The van der Waals surface area contributed by atoms with Crippen molar-refractivity contribution in [1.82, 2.24) is 28.8 Å². The molecule has 1 fully saturated rings. The fraction of sp³-hybridized carbons (Fsp3) is 0.214. The molecule has 1 aromatic carbocycles. The molecule has 4 heterocycles. The van der Waals surface area contributed by atoms with Gasteiger partial charge in [0.2, 0.25) is 0 Å². The number of nitrogens with one attached hydrogen (secondary N) is 1. The van der Waals surface area contributed by atoms with Gasteiger partial charge in [0, 0.05) is 24.5 Å². The quantitative estimate of drug-likeness (QED) is 0.348. The smallest absolute Gasteiger partial charge is 0.337 e. The number of aromatic carboxylic acids is 1. The number of amides is 1. The molecule has 2 N–H and O–H groups in total. The molecule has 202 valence electrons. The van der Waals surface area contributed by atoms with Crippen molar-refractivity contribution in [2.75, 3.05) is 0 Å². The van der Waals surface area contributed by atoms with E-state index in [0.717, 1.165) is 21.4 Å². The van der Waals surface area contributed by atoms with Gasteiger partial charge in [-0.05, 0) is 62.1 Å². The van der Waals surface area contributed by atoms with E-state index in [-0.39, 0.29) is 34.2 Å². The summed E-state index contributed by atoms with van der Waals surface area (Å²) in [4.78, 5) is 59.9. The predicted octanol–water partition coefficient (Wildman–Crippen LogP) is 2.95. The van der Waals surface area contributed by atoms with Crippen molar-refractivity contribution in [3.8, 4) is 5.69 Å². The van der Waals surface area contributed by atoms with Gasteiger partial charge in [-0.2, -0.15) is 0 Å². The lowest BCUT2D eigenvalue weighted by Gasteiger charge is -2.30. The van der Waals surface area contributed by atoms with E-state index in [9.17, 15) is 28.7 Å². The topological polar surface area (TPSA) is 141 Å². The second kappa shape index (κ2) is 9.88. The molecule has 5 aromatic rings. The molecule has 0 spiro atoms. The van der Waals surface area contributed by atoms with Crippen molar-refractivity contribution in [2.45, 2.75) is 37.8 Å². The maximum absolute atomic E-state index is 14.2. The highest BCUT2D eigenvalue weighted by Crippen LogP contribution is 2.28. The Morgan fingerprint density at radius 3 is 2.58 bits per heavy atom. The number of carbonyl (C=O) groups excluding carboxylic acids is 1. The number of hydrogen-bond donors (Lipinski definition) is 2. The second-order valence-electron chi connectivity index (χ2n) is 9.74. The zero-order valence-electron chi connectivity index (χ0n) is 21.0. The Balaban J connectivity index is 1.31. The minimum absolute atomic E-state index is 0.0562. The number of benzene rings is 1. The van der Waals surface area contributed by atoms with Gasteiger partial charge in [-0.25, -0.2) is 28.5 Å². The van der Waals surface area contributed by atoms with Gasteiger partial charge < -0.3 is 14.8 Å².